The third-order valence-electron chi connectivity index (χ3n) is 5.74. The highest BCUT2D eigenvalue weighted by molar-refractivity contribution is 7.19. The molecule has 4 aromatic rings. The number of fused-ring (bicyclic) bond motifs is 1. The van der Waals surface area contributed by atoms with Crippen LogP contribution in [0.25, 0.3) is 15.5 Å². The number of benzene rings is 2. The van der Waals surface area contributed by atoms with Crippen LogP contribution >= 0.6 is 22.9 Å². The summed E-state index contributed by atoms with van der Waals surface area (Å²) in [6, 6.07) is 16.4. The van der Waals surface area contributed by atoms with Gasteiger partial charge in [0, 0.05) is 42.8 Å². The van der Waals surface area contributed by atoms with E-state index in [2.05, 4.69) is 5.10 Å². The van der Waals surface area contributed by atoms with Gasteiger partial charge in [-0.15, -0.1) is 0 Å². The molecule has 0 bridgehead atoms. The summed E-state index contributed by atoms with van der Waals surface area (Å²) in [6.45, 7) is 4.21. The van der Waals surface area contributed by atoms with Crippen molar-refractivity contribution in [3.8, 4) is 16.3 Å². The van der Waals surface area contributed by atoms with Crippen LogP contribution in [0.5, 0.6) is 5.75 Å². The summed E-state index contributed by atoms with van der Waals surface area (Å²) in [4.78, 5) is 34.3. The molecule has 1 aliphatic heterocycles. The van der Waals surface area contributed by atoms with Crippen molar-refractivity contribution in [2.24, 2.45) is 0 Å². The van der Waals surface area contributed by atoms with Gasteiger partial charge >= 0.3 is 0 Å². The van der Waals surface area contributed by atoms with Gasteiger partial charge in [-0.25, -0.2) is 4.98 Å². The molecule has 174 valence electrons. The minimum absolute atomic E-state index is 0.0320. The number of hydrogen-bond donors (Lipinski definition) is 0. The molecule has 1 fully saturated rings. The molecule has 0 spiro atoms. The molecule has 0 unspecified atom stereocenters. The number of anilines is 1. The third kappa shape index (κ3) is 4.62. The Balaban J connectivity index is 1.25. The highest BCUT2D eigenvalue weighted by atomic mass is 35.5. The molecule has 0 saturated carbocycles. The van der Waals surface area contributed by atoms with Gasteiger partial charge in [0.1, 0.15) is 16.6 Å². The van der Waals surface area contributed by atoms with Gasteiger partial charge in [-0.2, -0.15) is 9.61 Å². The number of ether oxygens (including phenoxy) is 1. The Morgan fingerprint density at radius 1 is 1.09 bits per heavy atom. The van der Waals surface area contributed by atoms with E-state index in [0.29, 0.717) is 47.7 Å². The predicted molar refractivity (Wildman–Crippen MR) is 133 cm³/mol. The number of hydrogen-bond acceptors (Lipinski definition) is 7. The zero-order chi connectivity index (χ0) is 23.7. The molecular formula is C24H22ClN5O3S. The van der Waals surface area contributed by atoms with Crippen LogP contribution in [0.15, 0.2) is 59.4 Å². The van der Waals surface area contributed by atoms with Gasteiger partial charge in [0.2, 0.25) is 4.96 Å². The molecular weight excluding hydrogens is 474 g/mol. The van der Waals surface area contributed by atoms with Crippen molar-refractivity contribution < 1.29 is 9.53 Å². The summed E-state index contributed by atoms with van der Waals surface area (Å²) in [7, 11) is 0. The molecule has 0 aliphatic carbocycles. The van der Waals surface area contributed by atoms with Crippen LogP contribution < -0.4 is 15.2 Å². The molecule has 1 saturated heterocycles. The Morgan fingerprint density at radius 2 is 1.82 bits per heavy atom. The lowest BCUT2D eigenvalue weighted by molar-refractivity contribution is -0.133. The van der Waals surface area contributed by atoms with Crippen molar-refractivity contribution in [1.29, 1.82) is 0 Å². The minimum Gasteiger partial charge on any atom is -0.484 e. The molecule has 1 aliphatic rings. The van der Waals surface area contributed by atoms with Crippen molar-refractivity contribution in [2.75, 3.05) is 37.7 Å². The lowest BCUT2D eigenvalue weighted by Gasteiger charge is -2.35. The number of nitrogens with zero attached hydrogens (tertiary/aromatic N) is 5. The summed E-state index contributed by atoms with van der Waals surface area (Å²) in [5, 5.41) is 5.86. The molecule has 0 radical (unpaired) electrons. The van der Waals surface area contributed by atoms with Crippen molar-refractivity contribution in [3.63, 3.8) is 0 Å². The van der Waals surface area contributed by atoms with Crippen molar-refractivity contribution in [2.45, 2.75) is 6.92 Å². The summed E-state index contributed by atoms with van der Waals surface area (Å²) < 4.78 is 6.92. The standard InChI is InChI=1S/C24H22ClN5O3S/c1-16-4-2-3-5-19(16)23-27-30-21(31)14-20(26-24(30)34-23)28-10-12-29(13-11-28)22(32)15-33-18-8-6-17(25)7-9-18/h2-9,14H,10-13,15H2,1H3. The Hall–Kier alpha value is -3.43. The number of carbonyl (C=O) groups is 1. The van der Waals surface area contributed by atoms with E-state index < -0.39 is 0 Å². The fourth-order valence-corrected chi connectivity index (χ4v) is 4.95. The van der Waals surface area contributed by atoms with Crippen molar-refractivity contribution in [1.82, 2.24) is 19.5 Å². The average molecular weight is 496 g/mol. The van der Waals surface area contributed by atoms with Crippen molar-refractivity contribution in [3.05, 3.63) is 75.5 Å². The Morgan fingerprint density at radius 3 is 2.56 bits per heavy atom. The molecule has 2 aromatic carbocycles. The van der Waals surface area contributed by atoms with E-state index in [-0.39, 0.29) is 18.1 Å². The summed E-state index contributed by atoms with van der Waals surface area (Å²) in [6.07, 6.45) is 0. The van der Waals surface area contributed by atoms with E-state index in [1.165, 1.54) is 21.9 Å². The number of rotatable bonds is 5. The first-order valence-electron chi connectivity index (χ1n) is 10.9. The zero-order valence-corrected chi connectivity index (χ0v) is 20.1. The highest BCUT2D eigenvalue weighted by Crippen LogP contribution is 2.27. The molecule has 5 rings (SSSR count). The Labute approximate surface area is 205 Å². The van der Waals surface area contributed by atoms with Crippen molar-refractivity contribution >= 4 is 39.6 Å². The zero-order valence-electron chi connectivity index (χ0n) is 18.5. The van der Waals surface area contributed by atoms with E-state index in [0.717, 1.165) is 16.1 Å². The summed E-state index contributed by atoms with van der Waals surface area (Å²) in [5.74, 6) is 1.13. The van der Waals surface area contributed by atoms with Gasteiger partial charge in [-0.1, -0.05) is 47.2 Å². The number of carbonyl (C=O) groups excluding carboxylic acids is 1. The summed E-state index contributed by atoms with van der Waals surface area (Å²) in [5.41, 5.74) is 1.87. The van der Waals surface area contributed by atoms with Crippen LogP contribution in [0.4, 0.5) is 5.82 Å². The van der Waals surface area contributed by atoms with Gasteiger partial charge < -0.3 is 14.5 Å². The van der Waals surface area contributed by atoms with E-state index in [4.69, 9.17) is 21.3 Å². The SMILES string of the molecule is Cc1ccccc1-c1nn2c(=O)cc(N3CCN(C(=O)COc4ccc(Cl)cc4)CC3)nc2s1. The van der Waals surface area contributed by atoms with E-state index in [1.54, 1.807) is 29.2 Å². The van der Waals surface area contributed by atoms with Crippen LogP contribution in [-0.2, 0) is 4.79 Å². The fraction of sp³-hybridized carbons (Fsp3) is 0.250. The van der Waals surface area contributed by atoms with Crippen LogP contribution in [-0.4, -0.2) is 58.2 Å². The maximum Gasteiger partial charge on any atom is 0.277 e. The molecule has 10 heteroatoms. The lowest BCUT2D eigenvalue weighted by atomic mass is 10.1. The normalized spacial score (nSPS) is 13.9. The van der Waals surface area contributed by atoms with Gasteiger partial charge in [0.05, 0.1) is 0 Å². The Bertz CT molecular complexity index is 1390. The molecule has 0 N–H and O–H groups in total. The van der Waals surface area contributed by atoms with Gasteiger partial charge in [0.25, 0.3) is 11.5 Å². The second-order valence-electron chi connectivity index (χ2n) is 7.98. The number of halogens is 1. The highest BCUT2D eigenvalue weighted by Gasteiger charge is 2.23. The maximum atomic E-state index is 12.7. The van der Waals surface area contributed by atoms with E-state index >= 15 is 0 Å². The van der Waals surface area contributed by atoms with Gasteiger partial charge in [-0.3, -0.25) is 9.59 Å². The minimum atomic E-state index is -0.217. The van der Waals surface area contributed by atoms with Crippen LogP contribution in [0.3, 0.4) is 0 Å². The first kappa shape index (κ1) is 22.4. The van der Waals surface area contributed by atoms with Crippen LogP contribution in [0.2, 0.25) is 5.02 Å². The number of amides is 1. The monoisotopic (exact) mass is 495 g/mol. The van der Waals surface area contributed by atoms with Crippen LogP contribution in [0.1, 0.15) is 5.56 Å². The van der Waals surface area contributed by atoms with E-state index in [1.807, 2.05) is 36.1 Å². The molecule has 8 nitrogen and oxygen atoms in total. The first-order chi connectivity index (χ1) is 16.5. The number of piperazine rings is 1. The van der Waals surface area contributed by atoms with Gasteiger partial charge in [0.15, 0.2) is 6.61 Å². The smallest absolute Gasteiger partial charge is 0.277 e. The molecule has 1 amide bonds. The van der Waals surface area contributed by atoms with Crippen LogP contribution in [0, 0.1) is 6.92 Å². The number of aryl methyl sites for hydroxylation is 1. The Kier molecular flexibility index (Phi) is 6.21. The molecule has 3 heterocycles. The number of aromatic nitrogens is 3. The molecule has 2 aromatic heterocycles. The fourth-order valence-electron chi connectivity index (χ4n) is 3.84. The second-order valence-corrected chi connectivity index (χ2v) is 9.37. The quantitative estimate of drug-likeness (QED) is 0.421. The molecule has 34 heavy (non-hydrogen) atoms. The topological polar surface area (TPSA) is 80.0 Å². The largest absolute Gasteiger partial charge is 0.484 e. The lowest BCUT2D eigenvalue weighted by Crippen LogP contribution is -2.50. The predicted octanol–water partition coefficient (Wildman–Crippen LogP) is 3.51. The third-order valence-corrected chi connectivity index (χ3v) is 6.93. The van der Waals surface area contributed by atoms with Gasteiger partial charge in [-0.05, 0) is 36.8 Å². The van der Waals surface area contributed by atoms with E-state index in [9.17, 15) is 9.59 Å². The summed E-state index contributed by atoms with van der Waals surface area (Å²) >= 11 is 7.27. The molecule has 0 atom stereocenters. The second kappa shape index (κ2) is 9.44. The maximum absolute atomic E-state index is 12.7. The first-order valence-corrected chi connectivity index (χ1v) is 12.1. The average Bonchev–Trinajstić information content (AvgIpc) is 3.28.